The van der Waals surface area contributed by atoms with Crippen molar-refractivity contribution in [3.05, 3.63) is 10.6 Å². The van der Waals surface area contributed by atoms with E-state index in [0.29, 0.717) is 19.2 Å². The van der Waals surface area contributed by atoms with Gasteiger partial charge in [0.15, 0.2) is 5.13 Å². The van der Waals surface area contributed by atoms with Crippen LogP contribution < -0.4 is 10.6 Å². The first kappa shape index (κ1) is 13.1. The standard InChI is InChI=1S/C11H19N3OS2/c1-8-7-16-4-3-14(8)11-13-9(6-15-2)10(5-12)17-11/h8H,3-7,12H2,1-2H3. The Bertz CT molecular complexity index is 370. The lowest BCUT2D eigenvalue weighted by atomic mass is 10.3. The Hall–Kier alpha value is -0.300. The molecule has 96 valence electrons. The molecule has 0 radical (unpaired) electrons. The molecule has 1 unspecified atom stereocenters. The summed E-state index contributed by atoms with van der Waals surface area (Å²) in [5.74, 6) is 2.36. The van der Waals surface area contributed by atoms with Gasteiger partial charge in [-0.2, -0.15) is 11.8 Å². The van der Waals surface area contributed by atoms with Crippen molar-refractivity contribution in [3.63, 3.8) is 0 Å². The number of rotatable bonds is 4. The molecule has 17 heavy (non-hydrogen) atoms. The Morgan fingerprint density at radius 3 is 3.06 bits per heavy atom. The lowest BCUT2D eigenvalue weighted by molar-refractivity contribution is 0.181. The van der Waals surface area contributed by atoms with Crippen LogP contribution in [0.2, 0.25) is 0 Å². The number of thiazole rings is 1. The van der Waals surface area contributed by atoms with E-state index in [1.807, 2.05) is 11.8 Å². The first-order valence-electron chi connectivity index (χ1n) is 5.78. The monoisotopic (exact) mass is 273 g/mol. The Balaban J connectivity index is 2.19. The molecule has 0 amide bonds. The molecule has 0 bridgehead atoms. The van der Waals surface area contributed by atoms with Crippen molar-refractivity contribution < 1.29 is 4.74 Å². The number of hydrogen-bond donors (Lipinski definition) is 1. The summed E-state index contributed by atoms with van der Waals surface area (Å²) in [4.78, 5) is 8.21. The van der Waals surface area contributed by atoms with Gasteiger partial charge in [0.1, 0.15) is 0 Å². The van der Waals surface area contributed by atoms with Crippen LogP contribution >= 0.6 is 23.1 Å². The first-order chi connectivity index (χ1) is 8.26. The highest BCUT2D eigenvalue weighted by molar-refractivity contribution is 7.99. The molecular formula is C11H19N3OS2. The van der Waals surface area contributed by atoms with E-state index in [0.717, 1.165) is 22.2 Å². The summed E-state index contributed by atoms with van der Waals surface area (Å²) in [5.41, 5.74) is 6.75. The molecule has 4 nitrogen and oxygen atoms in total. The second-order valence-corrected chi connectivity index (χ2v) is 6.33. The fourth-order valence-electron chi connectivity index (χ4n) is 1.91. The quantitative estimate of drug-likeness (QED) is 0.905. The molecule has 1 fully saturated rings. The molecule has 0 saturated carbocycles. The maximum absolute atomic E-state index is 5.75. The van der Waals surface area contributed by atoms with Gasteiger partial charge < -0.3 is 15.4 Å². The van der Waals surface area contributed by atoms with Crippen LogP contribution in [-0.2, 0) is 17.9 Å². The minimum atomic E-state index is 0.549. The summed E-state index contributed by atoms with van der Waals surface area (Å²) in [6.45, 7) is 4.44. The van der Waals surface area contributed by atoms with Crippen LogP contribution in [0.4, 0.5) is 5.13 Å². The highest BCUT2D eigenvalue weighted by Gasteiger charge is 2.23. The maximum Gasteiger partial charge on any atom is 0.186 e. The molecule has 0 aliphatic carbocycles. The van der Waals surface area contributed by atoms with Crippen molar-refractivity contribution in [2.75, 3.05) is 30.1 Å². The lowest BCUT2D eigenvalue weighted by Crippen LogP contribution is -2.40. The van der Waals surface area contributed by atoms with Gasteiger partial charge in [0.25, 0.3) is 0 Å². The van der Waals surface area contributed by atoms with Crippen LogP contribution in [0.5, 0.6) is 0 Å². The molecule has 2 heterocycles. The fraction of sp³-hybridized carbons (Fsp3) is 0.727. The average molecular weight is 273 g/mol. The van der Waals surface area contributed by atoms with Gasteiger partial charge in [-0.3, -0.25) is 0 Å². The summed E-state index contributed by atoms with van der Waals surface area (Å²) < 4.78 is 5.16. The van der Waals surface area contributed by atoms with E-state index in [9.17, 15) is 0 Å². The molecule has 1 aromatic heterocycles. The number of aromatic nitrogens is 1. The molecule has 0 spiro atoms. The van der Waals surface area contributed by atoms with E-state index in [4.69, 9.17) is 10.5 Å². The van der Waals surface area contributed by atoms with E-state index in [2.05, 4.69) is 16.8 Å². The predicted octanol–water partition coefficient (Wildman–Crippen LogP) is 1.69. The molecule has 2 N–H and O–H groups in total. The second kappa shape index (κ2) is 6.04. The van der Waals surface area contributed by atoms with Crippen molar-refractivity contribution >= 4 is 28.2 Å². The number of anilines is 1. The van der Waals surface area contributed by atoms with E-state index in [1.165, 1.54) is 11.5 Å². The molecule has 1 atom stereocenters. The van der Waals surface area contributed by atoms with Crippen LogP contribution in [0.3, 0.4) is 0 Å². The topological polar surface area (TPSA) is 51.4 Å². The van der Waals surface area contributed by atoms with Gasteiger partial charge in [-0.05, 0) is 6.92 Å². The first-order valence-corrected chi connectivity index (χ1v) is 7.75. The Morgan fingerprint density at radius 2 is 2.41 bits per heavy atom. The van der Waals surface area contributed by atoms with Crippen LogP contribution in [-0.4, -0.2) is 36.2 Å². The lowest BCUT2D eigenvalue weighted by Gasteiger charge is -2.32. The fourth-order valence-corrected chi connectivity index (χ4v) is 4.00. The third-order valence-corrected chi connectivity index (χ3v) is 5.19. The molecule has 6 heteroatoms. The van der Waals surface area contributed by atoms with E-state index < -0.39 is 0 Å². The van der Waals surface area contributed by atoms with Crippen molar-refractivity contribution in [1.82, 2.24) is 4.98 Å². The number of methoxy groups -OCH3 is 1. The van der Waals surface area contributed by atoms with Gasteiger partial charge in [0.2, 0.25) is 0 Å². The number of thioether (sulfide) groups is 1. The maximum atomic E-state index is 5.75. The summed E-state index contributed by atoms with van der Waals surface area (Å²) >= 11 is 3.72. The number of nitrogens with two attached hydrogens (primary N) is 1. The van der Waals surface area contributed by atoms with Crippen LogP contribution in [0.1, 0.15) is 17.5 Å². The van der Waals surface area contributed by atoms with Gasteiger partial charge in [-0.25, -0.2) is 4.98 Å². The van der Waals surface area contributed by atoms with Crippen LogP contribution in [0, 0.1) is 0 Å². The van der Waals surface area contributed by atoms with Crippen molar-refractivity contribution in [1.29, 1.82) is 0 Å². The molecule has 1 aliphatic rings. The van der Waals surface area contributed by atoms with E-state index in [-0.39, 0.29) is 0 Å². The van der Waals surface area contributed by atoms with Crippen LogP contribution in [0.25, 0.3) is 0 Å². The van der Waals surface area contributed by atoms with Crippen molar-refractivity contribution in [2.24, 2.45) is 5.73 Å². The van der Waals surface area contributed by atoms with Gasteiger partial charge in [0.05, 0.1) is 12.3 Å². The molecule has 0 aromatic carbocycles. The minimum absolute atomic E-state index is 0.549. The summed E-state index contributed by atoms with van der Waals surface area (Å²) in [7, 11) is 1.69. The van der Waals surface area contributed by atoms with Crippen molar-refractivity contribution in [3.8, 4) is 0 Å². The molecular weight excluding hydrogens is 254 g/mol. The highest BCUT2D eigenvalue weighted by atomic mass is 32.2. The number of nitrogens with zero attached hydrogens (tertiary/aromatic N) is 2. The van der Waals surface area contributed by atoms with Gasteiger partial charge >= 0.3 is 0 Å². The Kier molecular flexibility index (Phi) is 4.67. The predicted molar refractivity (Wildman–Crippen MR) is 74.9 cm³/mol. The third kappa shape index (κ3) is 2.93. The van der Waals surface area contributed by atoms with Crippen molar-refractivity contribution in [2.45, 2.75) is 26.1 Å². The summed E-state index contributed by atoms with van der Waals surface area (Å²) in [6, 6.07) is 0.556. The number of ether oxygens (including phenoxy) is 1. The Labute approximate surface area is 111 Å². The molecule has 1 aliphatic heterocycles. The third-order valence-electron chi connectivity index (χ3n) is 2.85. The van der Waals surface area contributed by atoms with E-state index >= 15 is 0 Å². The normalized spacial score (nSPS) is 20.9. The zero-order chi connectivity index (χ0) is 12.3. The smallest absolute Gasteiger partial charge is 0.186 e. The summed E-state index contributed by atoms with van der Waals surface area (Å²) in [5, 5.41) is 1.10. The summed E-state index contributed by atoms with van der Waals surface area (Å²) in [6.07, 6.45) is 0. The minimum Gasteiger partial charge on any atom is -0.378 e. The zero-order valence-corrected chi connectivity index (χ0v) is 11.9. The SMILES string of the molecule is COCc1nc(N2CCSCC2C)sc1CN. The second-order valence-electron chi connectivity index (χ2n) is 4.12. The van der Waals surface area contributed by atoms with Gasteiger partial charge in [0, 0.05) is 42.6 Å². The van der Waals surface area contributed by atoms with Crippen LogP contribution in [0.15, 0.2) is 0 Å². The van der Waals surface area contributed by atoms with E-state index in [1.54, 1.807) is 18.4 Å². The van der Waals surface area contributed by atoms with Gasteiger partial charge in [-0.15, -0.1) is 11.3 Å². The molecule has 1 saturated heterocycles. The Morgan fingerprint density at radius 1 is 1.59 bits per heavy atom. The number of hydrogen-bond acceptors (Lipinski definition) is 6. The largest absolute Gasteiger partial charge is 0.378 e. The zero-order valence-electron chi connectivity index (χ0n) is 10.3. The van der Waals surface area contributed by atoms with Gasteiger partial charge in [-0.1, -0.05) is 0 Å². The highest BCUT2D eigenvalue weighted by Crippen LogP contribution is 2.30. The average Bonchev–Trinajstić information content (AvgIpc) is 2.73. The molecule has 2 rings (SSSR count). The molecule has 1 aromatic rings.